The van der Waals surface area contributed by atoms with Crippen molar-refractivity contribution in [2.24, 2.45) is 23.7 Å². The average molecular weight is 295 g/mol. The van der Waals surface area contributed by atoms with E-state index in [1.54, 1.807) is 0 Å². The van der Waals surface area contributed by atoms with Crippen LogP contribution >= 0.6 is 0 Å². The van der Waals surface area contributed by atoms with Gasteiger partial charge >= 0.3 is 0 Å². The van der Waals surface area contributed by atoms with E-state index in [0.29, 0.717) is 0 Å². The molecule has 0 saturated heterocycles. The predicted octanol–water partition coefficient (Wildman–Crippen LogP) is 7.62. The fraction of sp³-hybridized carbons (Fsp3) is 1.00. The lowest BCUT2D eigenvalue weighted by atomic mass is 9.77. The molecule has 0 nitrogen and oxygen atoms in total. The molecule has 0 N–H and O–H groups in total. The van der Waals surface area contributed by atoms with E-state index >= 15 is 0 Å². The maximum atomic E-state index is 2.48. The Kier molecular flexibility index (Phi) is 10.5. The van der Waals surface area contributed by atoms with Gasteiger partial charge in [0.15, 0.2) is 0 Å². The number of unbranched alkanes of at least 4 members (excludes halogenated alkanes) is 2. The molecule has 0 heterocycles. The lowest BCUT2D eigenvalue weighted by Gasteiger charge is -2.29. The summed E-state index contributed by atoms with van der Waals surface area (Å²) in [7, 11) is 0. The van der Waals surface area contributed by atoms with Gasteiger partial charge in [-0.2, -0.15) is 0 Å². The summed E-state index contributed by atoms with van der Waals surface area (Å²) in [5, 5.41) is 0. The van der Waals surface area contributed by atoms with Gasteiger partial charge in [-0.25, -0.2) is 0 Å². The molecule has 1 fully saturated rings. The quantitative estimate of drug-likeness (QED) is 0.344. The molecule has 1 atom stereocenters. The fourth-order valence-electron chi connectivity index (χ4n) is 4.03. The molecule has 0 aliphatic heterocycles. The van der Waals surface area contributed by atoms with Crippen LogP contribution in [0.1, 0.15) is 111 Å². The highest BCUT2D eigenvalue weighted by Gasteiger charge is 2.21. The Labute approximate surface area is 135 Å². The van der Waals surface area contributed by atoms with Crippen LogP contribution in [0.15, 0.2) is 0 Å². The summed E-state index contributed by atoms with van der Waals surface area (Å²) < 4.78 is 0. The molecule has 0 aromatic heterocycles. The lowest BCUT2D eigenvalue weighted by molar-refractivity contribution is 0.236. The molecule has 21 heavy (non-hydrogen) atoms. The van der Waals surface area contributed by atoms with E-state index in [1.807, 2.05) is 0 Å². The second-order valence-corrected chi connectivity index (χ2v) is 8.39. The largest absolute Gasteiger partial charge is 0.0654 e. The second-order valence-electron chi connectivity index (χ2n) is 8.39. The Balaban J connectivity index is 2.02. The Morgan fingerprint density at radius 1 is 0.714 bits per heavy atom. The van der Waals surface area contributed by atoms with Crippen LogP contribution in [-0.2, 0) is 0 Å². The monoisotopic (exact) mass is 294 g/mol. The molecule has 1 aliphatic carbocycles. The van der Waals surface area contributed by atoms with Crippen LogP contribution in [0.3, 0.4) is 0 Å². The molecule has 0 spiro atoms. The zero-order valence-electron chi connectivity index (χ0n) is 15.5. The third-order valence-electron chi connectivity index (χ3n) is 5.73. The Hall–Kier alpha value is 0. The van der Waals surface area contributed by atoms with Crippen molar-refractivity contribution in [3.63, 3.8) is 0 Å². The average Bonchev–Trinajstić information content (AvgIpc) is 2.46. The molecular formula is C21H42. The lowest BCUT2D eigenvalue weighted by Crippen LogP contribution is -2.15. The van der Waals surface area contributed by atoms with Crippen molar-refractivity contribution in [2.45, 2.75) is 111 Å². The number of hydrogen-bond donors (Lipinski definition) is 0. The van der Waals surface area contributed by atoms with Gasteiger partial charge < -0.3 is 0 Å². The molecule has 0 radical (unpaired) electrons. The molecule has 0 aromatic carbocycles. The first-order chi connectivity index (χ1) is 10.1. The van der Waals surface area contributed by atoms with Gasteiger partial charge in [0, 0.05) is 0 Å². The van der Waals surface area contributed by atoms with E-state index in [4.69, 9.17) is 0 Å². The van der Waals surface area contributed by atoms with Gasteiger partial charge in [-0.05, 0) is 23.7 Å². The molecule has 1 saturated carbocycles. The van der Waals surface area contributed by atoms with Crippen molar-refractivity contribution in [2.75, 3.05) is 0 Å². The molecule has 0 heteroatoms. The first-order valence-corrected chi connectivity index (χ1v) is 10.1. The van der Waals surface area contributed by atoms with Gasteiger partial charge in [0.05, 0.1) is 0 Å². The maximum Gasteiger partial charge on any atom is -0.0414 e. The highest BCUT2D eigenvalue weighted by Crippen LogP contribution is 2.35. The molecule has 1 rings (SSSR count). The van der Waals surface area contributed by atoms with Crippen molar-refractivity contribution in [1.29, 1.82) is 0 Å². The van der Waals surface area contributed by atoms with Crippen LogP contribution in [-0.4, -0.2) is 0 Å². The van der Waals surface area contributed by atoms with Crippen LogP contribution in [0.5, 0.6) is 0 Å². The van der Waals surface area contributed by atoms with Crippen LogP contribution in [0.2, 0.25) is 0 Å². The minimum Gasteiger partial charge on any atom is -0.0654 e. The van der Waals surface area contributed by atoms with Gasteiger partial charge in [-0.3, -0.25) is 0 Å². The van der Waals surface area contributed by atoms with Gasteiger partial charge in [0.25, 0.3) is 0 Å². The first kappa shape index (κ1) is 19.0. The summed E-state index contributed by atoms with van der Waals surface area (Å²) in [4.78, 5) is 0. The molecule has 126 valence electrons. The zero-order valence-corrected chi connectivity index (χ0v) is 15.5. The van der Waals surface area contributed by atoms with Crippen LogP contribution < -0.4 is 0 Å². The van der Waals surface area contributed by atoms with E-state index in [2.05, 4.69) is 27.7 Å². The molecule has 0 amide bonds. The topological polar surface area (TPSA) is 0 Å². The van der Waals surface area contributed by atoms with Gasteiger partial charge in [-0.15, -0.1) is 0 Å². The summed E-state index contributed by atoms with van der Waals surface area (Å²) in [5.41, 5.74) is 0. The van der Waals surface area contributed by atoms with E-state index < -0.39 is 0 Å². The standard InChI is InChI=1S/C21H42/c1-5-6-7-11-20-14-16-21(17-15-20)13-12-19(4)10-8-9-18(2)3/h18-21H,5-17H2,1-4H3. The molecule has 1 unspecified atom stereocenters. The van der Waals surface area contributed by atoms with Crippen LogP contribution in [0, 0.1) is 23.7 Å². The van der Waals surface area contributed by atoms with E-state index in [-0.39, 0.29) is 0 Å². The van der Waals surface area contributed by atoms with Crippen molar-refractivity contribution in [3.05, 3.63) is 0 Å². The van der Waals surface area contributed by atoms with E-state index in [9.17, 15) is 0 Å². The summed E-state index contributed by atoms with van der Waals surface area (Å²) in [6.07, 6.45) is 19.3. The van der Waals surface area contributed by atoms with Gasteiger partial charge in [0.1, 0.15) is 0 Å². The van der Waals surface area contributed by atoms with E-state index in [0.717, 1.165) is 23.7 Å². The van der Waals surface area contributed by atoms with Crippen molar-refractivity contribution < 1.29 is 0 Å². The number of hydrogen-bond acceptors (Lipinski definition) is 0. The molecular weight excluding hydrogens is 252 g/mol. The maximum absolute atomic E-state index is 2.48. The smallest absolute Gasteiger partial charge is 0.0414 e. The normalized spacial score (nSPS) is 24.4. The zero-order chi connectivity index (χ0) is 15.5. The predicted molar refractivity (Wildman–Crippen MR) is 96.7 cm³/mol. The van der Waals surface area contributed by atoms with Crippen molar-refractivity contribution >= 4 is 0 Å². The van der Waals surface area contributed by atoms with Crippen molar-refractivity contribution in [1.82, 2.24) is 0 Å². The number of rotatable bonds is 11. The van der Waals surface area contributed by atoms with E-state index in [1.165, 1.54) is 83.5 Å². The SMILES string of the molecule is CCCCCC1CCC(CCC(C)CCCC(C)C)CC1. The third kappa shape index (κ3) is 9.59. The van der Waals surface area contributed by atoms with Crippen LogP contribution in [0.4, 0.5) is 0 Å². The molecule has 1 aliphatic rings. The van der Waals surface area contributed by atoms with Crippen molar-refractivity contribution in [3.8, 4) is 0 Å². The highest BCUT2D eigenvalue weighted by molar-refractivity contribution is 4.73. The Bertz CT molecular complexity index is 222. The molecule has 0 aromatic rings. The Morgan fingerprint density at radius 3 is 1.90 bits per heavy atom. The summed E-state index contributed by atoms with van der Waals surface area (Å²) in [6, 6.07) is 0. The van der Waals surface area contributed by atoms with Crippen LogP contribution in [0.25, 0.3) is 0 Å². The summed E-state index contributed by atoms with van der Waals surface area (Å²) in [5.74, 6) is 4.00. The minimum atomic E-state index is 0.889. The first-order valence-electron chi connectivity index (χ1n) is 10.1. The highest BCUT2D eigenvalue weighted by atomic mass is 14.3. The third-order valence-corrected chi connectivity index (χ3v) is 5.73. The fourth-order valence-corrected chi connectivity index (χ4v) is 4.03. The molecule has 0 bridgehead atoms. The summed E-state index contributed by atoms with van der Waals surface area (Å²) >= 11 is 0. The summed E-state index contributed by atoms with van der Waals surface area (Å²) in [6.45, 7) is 9.50. The van der Waals surface area contributed by atoms with Gasteiger partial charge in [0.2, 0.25) is 0 Å². The second kappa shape index (κ2) is 11.6. The minimum absolute atomic E-state index is 0.889. The van der Waals surface area contributed by atoms with Gasteiger partial charge in [-0.1, -0.05) is 111 Å². The Morgan fingerprint density at radius 2 is 1.33 bits per heavy atom.